The third-order valence-corrected chi connectivity index (χ3v) is 5.34. The highest BCUT2D eigenvalue weighted by atomic mass is 32.1. The summed E-state index contributed by atoms with van der Waals surface area (Å²) >= 11 is 1.66. The Morgan fingerprint density at radius 2 is 2.19 bits per heavy atom. The van der Waals surface area contributed by atoms with Crippen molar-refractivity contribution in [1.82, 2.24) is 20.2 Å². The van der Waals surface area contributed by atoms with E-state index in [4.69, 9.17) is 0 Å². The molecule has 0 radical (unpaired) electrons. The second-order valence-corrected chi connectivity index (χ2v) is 6.79. The maximum absolute atomic E-state index is 4.67. The van der Waals surface area contributed by atoms with Crippen molar-refractivity contribution in [2.45, 2.75) is 31.3 Å². The van der Waals surface area contributed by atoms with E-state index in [1.54, 1.807) is 11.3 Å². The molecule has 0 aromatic carbocycles. The molecule has 0 atom stereocenters. The van der Waals surface area contributed by atoms with Crippen LogP contribution in [0.5, 0.6) is 0 Å². The molecule has 0 spiro atoms. The molecule has 2 aromatic rings. The van der Waals surface area contributed by atoms with Crippen molar-refractivity contribution in [3.8, 4) is 10.7 Å². The first-order valence-electron chi connectivity index (χ1n) is 7.44. The Balaban J connectivity index is 1.56. The summed E-state index contributed by atoms with van der Waals surface area (Å²) < 4.78 is 0. The van der Waals surface area contributed by atoms with E-state index < -0.39 is 0 Å². The maximum Gasteiger partial charge on any atom is 0.142 e. The van der Waals surface area contributed by atoms with Crippen LogP contribution in [0, 0.1) is 0 Å². The van der Waals surface area contributed by atoms with Crippen LogP contribution in [0.3, 0.4) is 0 Å². The van der Waals surface area contributed by atoms with Crippen LogP contribution in [-0.4, -0.2) is 41.0 Å². The molecule has 2 heterocycles. The molecule has 3 rings (SSSR count). The fraction of sp³-hybridized carbons (Fsp3) is 0.500. The SMILES string of the molecule is CN(C)C1(CNCc2csc(-c3ccccn3)n2)CCC1. The summed E-state index contributed by atoms with van der Waals surface area (Å²) in [4.78, 5) is 11.4. The fourth-order valence-corrected chi connectivity index (χ4v) is 3.58. The monoisotopic (exact) mass is 302 g/mol. The van der Waals surface area contributed by atoms with E-state index in [9.17, 15) is 0 Å². The van der Waals surface area contributed by atoms with Crippen LogP contribution in [0.15, 0.2) is 29.8 Å². The minimum Gasteiger partial charge on any atom is -0.309 e. The zero-order chi connectivity index (χ0) is 14.7. The minimum absolute atomic E-state index is 0.361. The van der Waals surface area contributed by atoms with Crippen LogP contribution in [0.25, 0.3) is 10.7 Å². The van der Waals surface area contributed by atoms with E-state index in [2.05, 4.69) is 39.7 Å². The number of aromatic nitrogens is 2. The average molecular weight is 302 g/mol. The smallest absolute Gasteiger partial charge is 0.142 e. The maximum atomic E-state index is 4.67. The van der Waals surface area contributed by atoms with Gasteiger partial charge in [0.05, 0.1) is 11.4 Å². The summed E-state index contributed by atoms with van der Waals surface area (Å²) in [5.41, 5.74) is 2.42. The Kier molecular flexibility index (Phi) is 4.33. The zero-order valence-corrected chi connectivity index (χ0v) is 13.5. The van der Waals surface area contributed by atoms with Crippen LogP contribution in [-0.2, 0) is 6.54 Å². The largest absolute Gasteiger partial charge is 0.309 e. The van der Waals surface area contributed by atoms with Crippen molar-refractivity contribution in [2.24, 2.45) is 0 Å². The highest BCUT2D eigenvalue weighted by molar-refractivity contribution is 7.13. The third-order valence-electron chi connectivity index (χ3n) is 4.43. The normalized spacial score (nSPS) is 16.9. The Hall–Kier alpha value is -1.30. The predicted octanol–water partition coefficient (Wildman–Crippen LogP) is 2.78. The molecule has 0 amide bonds. The summed E-state index contributed by atoms with van der Waals surface area (Å²) in [6, 6.07) is 5.93. The second kappa shape index (κ2) is 6.22. The standard InChI is InChI=1S/C16H22N4S/c1-20(2)16(7-5-8-16)12-17-10-13-11-21-15(19-13)14-6-3-4-9-18-14/h3-4,6,9,11,17H,5,7-8,10,12H2,1-2H3. The summed E-state index contributed by atoms with van der Waals surface area (Å²) in [5.74, 6) is 0. The lowest BCUT2D eigenvalue weighted by Gasteiger charge is -2.47. The van der Waals surface area contributed by atoms with Gasteiger partial charge < -0.3 is 10.2 Å². The van der Waals surface area contributed by atoms with Crippen molar-refractivity contribution in [2.75, 3.05) is 20.6 Å². The molecule has 1 saturated carbocycles. The van der Waals surface area contributed by atoms with Crippen LogP contribution in [0.4, 0.5) is 0 Å². The third kappa shape index (κ3) is 3.15. The number of likely N-dealkylation sites (N-methyl/N-ethyl adjacent to an activating group) is 1. The average Bonchev–Trinajstić information content (AvgIpc) is 2.91. The van der Waals surface area contributed by atoms with E-state index in [0.717, 1.165) is 29.5 Å². The zero-order valence-electron chi connectivity index (χ0n) is 12.7. The summed E-state index contributed by atoms with van der Waals surface area (Å²) in [5, 5.41) is 6.70. The van der Waals surface area contributed by atoms with Crippen molar-refractivity contribution < 1.29 is 0 Å². The second-order valence-electron chi connectivity index (χ2n) is 5.93. The topological polar surface area (TPSA) is 41.0 Å². The van der Waals surface area contributed by atoms with Gasteiger partial charge in [0.15, 0.2) is 0 Å². The van der Waals surface area contributed by atoms with Crippen LogP contribution in [0.2, 0.25) is 0 Å². The predicted molar refractivity (Wildman–Crippen MR) is 87.3 cm³/mol. The van der Waals surface area contributed by atoms with E-state index in [1.165, 1.54) is 19.3 Å². The van der Waals surface area contributed by atoms with Gasteiger partial charge in [-0.1, -0.05) is 6.07 Å². The lowest BCUT2D eigenvalue weighted by Crippen LogP contribution is -2.56. The number of rotatable bonds is 6. The van der Waals surface area contributed by atoms with Gasteiger partial charge in [-0.15, -0.1) is 11.3 Å². The highest BCUT2D eigenvalue weighted by Gasteiger charge is 2.38. The molecular weight excluding hydrogens is 280 g/mol. The van der Waals surface area contributed by atoms with Crippen LogP contribution < -0.4 is 5.32 Å². The van der Waals surface area contributed by atoms with Gasteiger partial charge in [-0.25, -0.2) is 4.98 Å². The molecule has 21 heavy (non-hydrogen) atoms. The van der Waals surface area contributed by atoms with E-state index in [0.29, 0.717) is 5.54 Å². The Labute approximate surface area is 130 Å². The lowest BCUT2D eigenvalue weighted by atomic mass is 9.75. The minimum atomic E-state index is 0.361. The van der Waals surface area contributed by atoms with Gasteiger partial charge in [0.1, 0.15) is 5.01 Å². The van der Waals surface area contributed by atoms with E-state index in [-0.39, 0.29) is 0 Å². The Morgan fingerprint density at radius 1 is 1.33 bits per heavy atom. The fourth-order valence-electron chi connectivity index (χ4n) is 2.79. The number of nitrogens with one attached hydrogen (secondary N) is 1. The van der Waals surface area contributed by atoms with Gasteiger partial charge in [0.25, 0.3) is 0 Å². The molecule has 5 heteroatoms. The molecule has 0 unspecified atom stereocenters. The molecule has 1 aliphatic rings. The van der Waals surface area contributed by atoms with Crippen molar-refractivity contribution in [1.29, 1.82) is 0 Å². The first kappa shape index (κ1) is 14.6. The van der Waals surface area contributed by atoms with Crippen LogP contribution >= 0.6 is 11.3 Å². The van der Waals surface area contributed by atoms with Gasteiger partial charge in [-0.2, -0.15) is 0 Å². The highest BCUT2D eigenvalue weighted by Crippen LogP contribution is 2.35. The summed E-state index contributed by atoms with van der Waals surface area (Å²) in [6.45, 7) is 1.87. The van der Waals surface area contributed by atoms with Gasteiger partial charge >= 0.3 is 0 Å². The molecule has 2 aromatic heterocycles. The molecule has 1 aliphatic carbocycles. The molecule has 1 N–H and O–H groups in total. The summed E-state index contributed by atoms with van der Waals surface area (Å²) in [7, 11) is 4.37. The molecule has 1 fully saturated rings. The van der Waals surface area contributed by atoms with Gasteiger partial charge in [-0.3, -0.25) is 4.98 Å². The Bertz CT molecular complexity index is 575. The van der Waals surface area contributed by atoms with Crippen molar-refractivity contribution >= 4 is 11.3 Å². The molecular formula is C16H22N4S. The quantitative estimate of drug-likeness (QED) is 0.891. The molecule has 0 saturated heterocycles. The van der Waals surface area contributed by atoms with Crippen molar-refractivity contribution in [3.05, 3.63) is 35.5 Å². The van der Waals surface area contributed by atoms with E-state index in [1.807, 2.05) is 24.4 Å². The molecule has 112 valence electrons. The molecule has 4 nitrogen and oxygen atoms in total. The van der Waals surface area contributed by atoms with Gasteiger partial charge in [0.2, 0.25) is 0 Å². The summed E-state index contributed by atoms with van der Waals surface area (Å²) in [6.07, 6.45) is 5.75. The van der Waals surface area contributed by atoms with Gasteiger partial charge in [-0.05, 0) is 45.5 Å². The lowest BCUT2D eigenvalue weighted by molar-refractivity contribution is 0.0597. The number of nitrogens with zero attached hydrogens (tertiary/aromatic N) is 3. The number of hydrogen-bond donors (Lipinski definition) is 1. The first-order valence-corrected chi connectivity index (χ1v) is 8.32. The number of hydrogen-bond acceptors (Lipinski definition) is 5. The van der Waals surface area contributed by atoms with E-state index >= 15 is 0 Å². The van der Waals surface area contributed by atoms with Crippen LogP contribution in [0.1, 0.15) is 25.0 Å². The number of thiazole rings is 1. The Morgan fingerprint density at radius 3 is 2.81 bits per heavy atom. The first-order chi connectivity index (χ1) is 10.2. The van der Waals surface area contributed by atoms with Crippen molar-refractivity contribution in [3.63, 3.8) is 0 Å². The number of pyridine rings is 1. The molecule has 0 aliphatic heterocycles. The molecule has 0 bridgehead atoms. The van der Waals surface area contributed by atoms with Gasteiger partial charge in [0, 0.05) is 30.2 Å².